The number of sulfonamides is 1. The fourth-order valence-corrected chi connectivity index (χ4v) is 4.95. The van der Waals surface area contributed by atoms with Gasteiger partial charge in [0.2, 0.25) is 10.0 Å². The van der Waals surface area contributed by atoms with Crippen molar-refractivity contribution in [1.29, 1.82) is 0 Å². The SMILES string of the molecule is Cc1cc(Cc2ccc(S(=O)(=O)N3CCCC[C@H]3C)cc2)c(=O)[nH]n1. The predicted octanol–water partition coefficient (Wildman–Crippen LogP) is 2.23. The van der Waals surface area contributed by atoms with E-state index >= 15 is 0 Å². The minimum absolute atomic E-state index is 0.0387. The Bertz CT molecular complexity index is 904. The van der Waals surface area contributed by atoms with Crippen molar-refractivity contribution >= 4 is 10.0 Å². The molecule has 0 spiro atoms. The Kier molecular flexibility index (Phi) is 5.06. The Morgan fingerprint density at radius 2 is 1.96 bits per heavy atom. The summed E-state index contributed by atoms with van der Waals surface area (Å²) < 4.78 is 27.3. The second-order valence-electron chi connectivity index (χ2n) is 6.64. The van der Waals surface area contributed by atoms with Gasteiger partial charge in [-0.2, -0.15) is 9.40 Å². The molecule has 134 valence electrons. The summed E-state index contributed by atoms with van der Waals surface area (Å²) in [5.74, 6) is 0. The lowest BCUT2D eigenvalue weighted by atomic mass is 10.1. The summed E-state index contributed by atoms with van der Waals surface area (Å²) in [7, 11) is -3.46. The molecule has 1 aromatic heterocycles. The smallest absolute Gasteiger partial charge is 0.267 e. The molecule has 0 unspecified atom stereocenters. The highest BCUT2D eigenvalue weighted by Crippen LogP contribution is 2.25. The van der Waals surface area contributed by atoms with Gasteiger partial charge in [0.1, 0.15) is 0 Å². The zero-order valence-electron chi connectivity index (χ0n) is 14.5. The Morgan fingerprint density at radius 3 is 2.64 bits per heavy atom. The summed E-state index contributed by atoms with van der Waals surface area (Å²) in [5, 5.41) is 6.33. The highest BCUT2D eigenvalue weighted by atomic mass is 32.2. The first-order chi connectivity index (χ1) is 11.9. The van der Waals surface area contributed by atoms with Crippen LogP contribution in [0.15, 0.2) is 40.0 Å². The fraction of sp³-hybridized carbons (Fsp3) is 0.444. The van der Waals surface area contributed by atoms with Crippen LogP contribution in [0.1, 0.15) is 43.0 Å². The van der Waals surface area contributed by atoms with Crippen LogP contribution in [0.3, 0.4) is 0 Å². The molecule has 6 nitrogen and oxygen atoms in total. The third kappa shape index (κ3) is 3.82. The summed E-state index contributed by atoms with van der Waals surface area (Å²) in [6.07, 6.45) is 3.33. The molecule has 2 heterocycles. The van der Waals surface area contributed by atoms with Crippen molar-refractivity contribution in [3.63, 3.8) is 0 Å². The third-order valence-corrected chi connectivity index (χ3v) is 6.70. The van der Waals surface area contributed by atoms with Crippen LogP contribution in [-0.4, -0.2) is 35.5 Å². The van der Waals surface area contributed by atoms with Gasteiger partial charge < -0.3 is 0 Å². The number of piperidine rings is 1. The van der Waals surface area contributed by atoms with Gasteiger partial charge in [-0.3, -0.25) is 4.79 Å². The molecule has 1 fully saturated rings. The van der Waals surface area contributed by atoms with Crippen molar-refractivity contribution in [2.24, 2.45) is 0 Å². The highest BCUT2D eigenvalue weighted by Gasteiger charge is 2.30. The monoisotopic (exact) mass is 361 g/mol. The minimum atomic E-state index is -3.46. The average Bonchev–Trinajstić information content (AvgIpc) is 2.59. The predicted molar refractivity (Wildman–Crippen MR) is 96.0 cm³/mol. The molecule has 2 aromatic rings. The van der Waals surface area contributed by atoms with Crippen LogP contribution >= 0.6 is 0 Å². The Morgan fingerprint density at radius 1 is 1.24 bits per heavy atom. The number of nitrogens with zero attached hydrogens (tertiary/aromatic N) is 2. The first-order valence-corrected chi connectivity index (χ1v) is 9.98. The molecule has 1 saturated heterocycles. The summed E-state index contributed by atoms with van der Waals surface area (Å²) in [6.45, 7) is 4.36. The average molecular weight is 361 g/mol. The molecule has 7 heteroatoms. The molecule has 1 atom stereocenters. The number of benzene rings is 1. The number of aryl methyl sites for hydroxylation is 1. The van der Waals surface area contributed by atoms with Crippen LogP contribution in [0, 0.1) is 6.92 Å². The molecule has 1 aliphatic rings. The van der Waals surface area contributed by atoms with Crippen molar-refractivity contribution in [2.75, 3.05) is 6.54 Å². The molecular formula is C18H23N3O3S. The van der Waals surface area contributed by atoms with Crippen LogP contribution in [0.5, 0.6) is 0 Å². The number of nitrogens with one attached hydrogen (secondary N) is 1. The quantitative estimate of drug-likeness (QED) is 0.905. The molecule has 25 heavy (non-hydrogen) atoms. The largest absolute Gasteiger partial charge is 0.268 e. The van der Waals surface area contributed by atoms with E-state index in [9.17, 15) is 13.2 Å². The van der Waals surface area contributed by atoms with E-state index < -0.39 is 10.0 Å². The van der Waals surface area contributed by atoms with E-state index in [0.29, 0.717) is 23.4 Å². The van der Waals surface area contributed by atoms with Gasteiger partial charge in [0.15, 0.2) is 0 Å². The number of hydrogen-bond acceptors (Lipinski definition) is 4. The van der Waals surface area contributed by atoms with E-state index in [2.05, 4.69) is 10.2 Å². The lowest BCUT2D eigenvalue weighted by molar-refractivity contribution is 0.268. The number of H-pyrrole nitrogens is 1. The zero-order valence-corrected chi connectivity index (χ0v) is 15.3. The normalized spacial score (nSPS) is 19.0. The molecule has 0 aliphatic carbocycles. The Labute approximate surface area is 147 Å². The van der Waals surface area contributed by atoms with E-state index in [0.717, 1.165) is 30.5 Å². The van der Waals surface area contributed by atoms with Gasteiger partial charge in [-0.05, 0) is 50.5 Å². The van der Waals surface area contributed by atoms with Gasteiger partial charge in [0.05, 0.1) is 10.6 Å². The maximum Gasteiger partial charge on any atom is 0.267 e. The van der Waals surface area contributed by atoms with Crippen molar-refractivity contribution in [2.45, 2.75) is 50.5 Å². The van der Waals surface area contributed by atoms with E-state index in [1.54, 1.807) is 34.6 Å². The van der Waals surface area contributed by atoms with Gasteiger partial charge in [-0.25, -0.2) is 13.5 Å². The van der Waals surface area contributed by atoms with Gasteiger partial charge in [0.25, 0.3) is 5.56 Å². The number of aromatic nitrogens is 2. The minimum Gasteiger partial charge on any atom is -0.268 e. The van der Waals surface area contributed by atoms with Crippen molar-refractivity contribution in [3.05, 3.63) is 57.5 Å². The number of aromatic amines is 1. The van der Waals surface area contributed by atoms with Crippen LogP contribution in [-0.2, 0) is 16.4 Å². The molecule has 0 bridgehead atoms. The molecule has 0 saturated carbocycles. The lowest BCUT2D eigenvalue weighted by Crippen LogP contribution is -2.41. The van der Waals surface area contributed by atoms with Gasteiger partial charge >= 0.3 is 0 Å². The van der Waals surface area contributed by atoms with Crippen LogP contribution in [0.2, 0.25) is 0 Å². The van der Waals surface area contributed by atoms with Gasteiger partial charge in [0, 0.05) is 24.6 Å². The standard InChI is InChI=1S/C18H23N3O3S/c1-13-11-16(18(22)20-19-13)12-15-6-8-17(9-7-15)25(23,24)21-10-4-3-5-14(21)2/h6-9,11,14H,3-5,10,12H2,1-2H3,(H,20,22)/t14-/m1/s1. The summed E-state index contributed by atoms with van der Waals surface area (Å²) >= 11 is 0. The van der Waals surface area contributed by atoms with Crippen molar-refractivity contribution in [3.8, 4) is 0 Å². The van der Waals surface area contributed by atoms with E-state index in [-0.39, 0.29) is 11.6 Å². The molecule has 3 rings (SSSR count). The summed E-state index contributed by atoms with van der Waals surface area (Å²) in [6, 6.07) is 8.60. The molecule has 0 radical (unpaired) electrons. The summed E-state index contributed by atoms with van der Waals surface area (Å²) in [4.78, 5) is 12.1. The van der Waals surface area contributed by atoms with E-state index in [4.69, 9.17) is 0 Å². The van der Waals surface area contributed by atoms with Crippen molar-refractivity contribution in [1.82, 2.24) is 14.5 Å². The Hall–Kier alpha value is -1.99. The van der Waals surface area contributed by atoms with Gasteiger partial charge in [-0.15, -0.1) is 0 Å². The third-order valence-electron chi connectivity index (χ3n) is 4.68. The topological polar surface area (TPSA) is 83.1 Å². The lowest BCUT2D eigenvalue weighted by Gasteiger charge is -2.32. The van der Waals surface area contributed by atoms with Crippen LogP contribution in [0.4, 0.5) is 0 Å². The molecule has 1 aliphatic heterocycles. The first kappa shape index (κ1) is 17.8. The van der Waals surface area contributed by atoms with Gasteiger partial charge in [-0.1, -0.05) is 18.6 Å². The summed E-state index contributed by atoms with van der Waals surface area (Å²) in [5.41, 5.74) is 2.03. The number of hydrogen-bond donors (Lipinski definition) is 1. The van der Waals surface area contributed by atoms with Crippen molar-refractivity contribution < 1.29 is 8.42 Å². The number of rotatable bonds is 4. The molecule has 1 aromatic carbocycles. The molecule has 1 N–H and O–H groups in total. The van der Waals surface area contributed by atoms with Crippen LogP contribution in [0.25, 0.3) is 0 Å². The zero-order chi connectivity index (χ0) is 18.0. The first-order valence-electron chi connectivity index (χ1n) is 8.54. The van der Waals surface area contributed by atoms with Crippen LogP contribution < -0.4 is 5.56 Å². The molecule has 0 amide bonds. The fourth-order valence-electron chi connectivity index (χ4n) is 3.26. The van der Waals surface area contributed by atoms with E-state index in [1.807, 2.05) is 13.8 Å². The Balaban J connectivity index is 1.82. The maximum atomic E-state index is 12.8. The second-order valence-corrected chi connectivity index (χ2v) is 8.54. The second kappa shape index (κ2) is 7.09. The maximum absolute atomic E-state index is 12.8. The highest BCUT2D eigenvalue weighted by molar-refractivity contribution is 7.89. The molecular weight excluding hydrogens is 338 g/mol. The van der Waals surface area contributed by atoms with E-state index in [1.165, 1.54) is 0 Å².